The molecule has 0 heterocycles. The van der Waals surface area contributed by atoms with Crippen LogP contribution in [-0.4, -0.2) is 5.78 Å². The van der Waals surface area contributed by atoms with Gasteiger partial charge in [0.15, 0.2) is 5.78 Å². The van der Waals surface area contributed by atoms with E-state index in [-0.39, 0.29) is 11.6 Å². The van der Waals surface area contributed by atoms with Crippen LogP contribution >= 0.6 is 0 Å². The first kappa shape index (κ1) is 13.5. The second-order valence-electron chi connectivity index (χ2n) is 5.18. The number of allylic oxidation sites excluding steroid dienone is 6. The van der Waals surface area contributed by atoms with Crippen LogP contribution in [-0.2, 0) is 0 Å². The molecule has 0 N–H and O–H groups in total. The number of rotatable bonds is 2. The Labute approximate surface area is 123 Å². The summed E-state index contributed by atoms with van der Waals surface area (Å²) < 4.78 is 13.1. The van der Waals surface area contributed by atoms with Gasteiger partial charge in [-0.2, -0.15) is 0 Å². The molecule has 0 unspecified atom stereocenters. The summed E-state index contributed by atoms with van der Waals surface area (Å²) in [5.74, 6) is -0.271. The second-order valence-corrected chi connectivity index (χ2v) is 5.18. The zero-order valence-corrected chi connectivity index (χ0v) is 11.8. The molecule has 2 heteroatoms. The number of benzene rings is 2. The Morgan fingerprint density at radius 2 is 1.90 bits per heavy atom. The summed E-state index contributed by atoms with van der Waals surface area (Å²) in [6, 6.07) is 13.5. The zero-order chi connectivity index (χ0) is 14.8. The quantitative estimate of drug-likeness (QED) is 0.548. The molecule has 1 aliphatic carbocycles. The second kappa shape index (κ2) is 5.49. The highest BCUT2D eigenvalue weighted by molar-refractivity contribution is 6.13. The molecule has 104 valence electrons. The van der Waals surface area contributed by atoms with Crippen molar-refractivity contribution in [3.8, 4) is 0 Å². The minimum absolute atomic E-state index is 0.0368. The summed E-state index contributed by atoms with van der Waals surface area (Å²) >= 11 is 0. The third-order valence-electron chi connectivity index (χ3n) is 3.74. The predicted molar refractivity (Wildman–Crippen MR) is 83.9 cm³/mol. The minimum Gasteiger partial charge on any atom is -0.289 e. The fourth-order valence-electron chi connectivity index (χ4n) is 2.58. The molecule has 0 saturated carbocycles. The number of carbonyl (C=O) groups is 1. The van der Waals surface area contributed by atoms with E-state index in [0.29, 0.717) is 12.0 Å². The first-order valence-corrected chi connectivity index (χ1v) is 6.92. The Morgan fingerprint density at radius 3 is 2.71 bits per heavy atom. The monoisotopic (exact) mass is 278 g/mol. The topological polar surface area (TPSA) is 17.1 Å². The van der Waals surface area contributed by atoms with Crippen molar-refractivity contribution >= 4 is 16.6 Å². The summed E-state index contributed by atoms with van der Waals surface area (Å²) in [6.07, 6.45) is 5.04. The fourth-order valence-corrected chi connectivity index (χ4v) is 2.58. The highest BCUT2D eigenvalue weighted by atomic mass is 19.1. The molecule has 21 heavy (non-hydrogen) atoms. The lowest BCUT2D eigenvalue weighted by atomic mass is 9.95. The van der Waals surface area contributed by atoms with Gasteiger partial charge in [-0.15, -0.1) is 0 Å². The van der Waals surface area contributed by atoms with Crippen molar-refractivity contribution in [3.63, 3.8) is 0 Å². The minimum atomic E-state index is -0.234. The van der Waals surface area contributed by atoms with Gasteiger partial charge in [0, 0.05) is 5.56 Å². The maximum absolute atomic E-state index is 13.1. The first-order chi connectivity index (χ1) is 10.1. The van der Waals surface area contributed by atoms with E-state index < -0.39 is 0 Å². The highest BCUT2D eigenvalue weighted by Crippen LogP contribution is 2.25. The van der Waals surface area contributed by atoms with Crippen LogP contribution in [0.5, 0.6) is 0 Å². The molecule has 0 saturated heterocycles. The van der Waals surface area contributed by atoms with E-state index in [2.05, 4.69) is 0 Å². The van der Waals surface area contributed by atoms with Crippen LogP contribution in [0.15, 0.2) is 77.7 Å². The molecule has 0 amide bonds. The van der Waals surface area contributed by atoms with Crippen molar-refractivity contribution in [2.75, 3.05) is 0 Å². The molecule has 0 atom stereocenters. The molecule has 0 bridgehead atoms. The van der Waals surface area contributed by atoms with Crippen LogP contribution in [0.3, 0.4) is 0 Å². The molecule has 1 aliphatic rings. The van der Waals surface area contributed by atoms with Crippen LogP contribution in [0.2, 0.25) is 0 Å². The average Bonchev–Trinajstić information content (AvgIpc) is 2.49. The molecule has 0 spiro atoms. The SMILES string of the molecule is CC1=CC(F)=CCC1=CC(=O)c1cccc2ccccc12. The Morgan fingerprint density at radius 1 is 1.14 bits per heavy atom. The van der Waals surface area contributed by atoms with Crippen molar-refractivity contribution in [3.05, 3.63) is 83.2 Å². The molecule has 2 aromatic carbocycles. The molecule has 0 aliphatic heterocycles. The first-order valence-electron chi connectivity index (χ1n) is 6.92. The molecule has 0 radical (unpaired) electrons. The Kier molecular flexibility index (Phi) is 3.53. The summed E-state index contributed by atoms with van der Waals surface area (Å²) in [7, 11) is 0. The van der Waals surface area contributed by atoms with Gasteiger partial charge < -0.3 is 0 Å². The van der Waals surface area contributed by atoms with Gasteiger partial charge in [-0.1, -0.05) is 42.5 Å². The molecule has 1 nitrogen and oxygen atoms in total. The smallest absolute Gasteiger partial charge is 0.186 e. The van der Waals surface area contributed by atoms with Crippen molar-refractivity contribution in [2.45, 2.75) is 13.3 Å². The number of fused-ring (bicyclic) bond motifs is 1. The van der Waals surface area contributed by atoms with Gasteiger partial charge in [0.2, 0.25) is 0 Å². The van der Waals surface area contributed by atoms with Gasteiger partial charge in [-0.25, -0.2) is 4.39 Å². The Balaban J connectivity index is 2.01. The largest absolute Gasteiger partial charge is 0.289 e. The molecule has 0 fully saturated rings. The van der Waals surface area contributed by atoms with Crippen molar-refractivity contribution in [1.82, 2.24) is 0 Å². The van der Waals surface area contributed by atoms with E-state index in [1.54, 1.807) is 6.08 Å². The van der Waals surface area contributed by atoms with Crippen LogP contribution in [0.25, 0.3) is 10.8 Å². The lowest BCUT2D eigenvalue weighted by Gasteiger charge is -2.10. The van der Waals surface area contributed by atoms with Gasteiger partial charge in [0.05, 0.1) is 0 Å². The number of hydrogen-bond acceptors (Lipinski definition) is 1. The molecule has 0 aromatic heterocycles. The summed E-state index contributed by atoms with van der Waals surface area (Å²) in [5.41, 5.74) is 2.36. The van der Waals surface area contributed by atoms with E-state index in [1.807, 2.05) is 49.4 Å². The normalized spacial score (nSPS) is 16.8. The third-order valence-corrected chi connectivity index (χ3v) is 3.74. The Bertz CT molecular complexity index is 804. The molecular formula is C19H15FO. The fraction of sp³-hybridized carbons (Fsp3) is 0.105. The predicted octanol–water partition coefficient (Wildman–Crippen LogP) is 5.15. The van der Waals surface area contributed by atoms with Gasteiger partial charge in [0.25, 0.3) is 0 Å². The van der Waals surface area contributed by atoms with Crippen LogP contribution in [0.1, 0.15) is 23.7 Å². The van der Waals surface area contributed by atoms with Gasteiger partial charge >= 0.3 is 0 Å². The van der Waals surface area contributed by atoms with Crippen LogP contribution < -0.4 is 0 Å². The van der Waals surface area contributed by atoms with Gasteiger partial charge in [-0.05, 0) is 53.5 Å². The van der Waals surface area contributed by atoms with E-state index in [9.17, 15) is 9.18 Å². The standard InChI is InChI=1S/C19H15FO/c1-13-11-16(20)10-9-15(13)12-19(21)18-8-4-6-14-5-2-3-7-17(14)18/h2-8,10-12H,9H2,1H3. The van der Waals surface area contributed by atoms with E-state index in [4.69, 9.17) is 0 Å². The van der Waals surface area contributed by atoms with E-state index in [1.165, 1.54) is 12.2 Å². The lowest BCUT2D eigenvalue weighted by Crippen LogP contribution is -2.00. The van der Waals surface area contributed by atoms with Gasteiger partial charge in [-0.3, -0.25) is 4.79 Å². The number of halogens is 1. The molecular weight excluding hydrogens is 263 g/mol. The number of carbonyl (C=O) groups excluding carboxylic acids is 1. The lowest BCUT2D eigenvalue weighted by molar-refractivity contribution is 0.104. The summed E-state index contributed by atoms with van der Waals surface area (Å²) in [5, 5.41) is 1.99. The average molecular weight is 278 g/mol. The highest BCUT2D eigenvalue weighted by Gasteiger charge is 2.12. The van der Waals surface area contributed by atoms with E-state index in [0.717, 1.165) is 21.9 Å². The number of hydrogen-bond donors (Lipinski definition) is 0. The van der Waals surface area contributed by atoms with Crippen LogP contribution in [0, 0.1) is 0 Å². The maximum atomic E-state index is 13.1. The van der Waals surface area contributed by atoms with Crippen molar-refractivity contribution < 1.29 is 9.18 Å². The van der Waals surface area contributed by atoms with Crippen LogP contribution in [0.4, 0.5) is 4.39 Å². The zero-order valence-electron chi connectivity index (χ0n) is 11.8. The maximum Gasteiger partial charge on any atom is 0.186 e. The summed E-state index contributed by atoms with van der Waals surface area (Å²) in [4.78, 5) is 12.5. The molecule has 3 rings (SSSR count). The van der Waals surface area contributed by atoms with Crippen molar-refractivity contribution in [1.29, 1.82) is 0 Å². The van der Waals surface area contributed by atoms with E-state index >= 15 is 0 Å². The summed E-state index contributed by atoms with van der Waals surface area (Å²) in [6.45, 7) is 1.83. The van der Waals surface area contributed by atoms with Gasteiger partial charge in [0.1, 0.15) is 5.83 Å². The third kappa shape index (κ3) is 2.70. The number of ketones is 1. The molecule has 2 aromatic rings. The van der Waals surface area contributed by atoms with Crippen molar-refractivity contribution in [2.24, 2.45) is 0 Å². The Hall–Kier alpha value is -2.48.